The maximum Gasteiger partial charge on any atom is 0.323 e. The van der Waals surface area contributed by atoms with Crippen molar-refractivity contribution in [1.82, 2.24) is 15.0 Å². The fourth-order valence-corrected chi connectivity index (χ4v) is 5.03. The van der Waals surface area contributed by atoms with Crippen molar-refractivity contribution in [3.05, 3.63) is 64.5 Å². The molecule has 13 heteroatoms. The van der Waals surface area contributed by atoms with Crippen LogP contribution in [0.25, 0.3) is 0 Å². The first-order valence-electron chi connectivity index (χ1n) is 13.9. The molecular formula is C30H37ClN6O6. The average Bonchev–Trinajstić information content (AvgIpc) is 3.28. The Balaban J connectivity index is 1.59. The number of hydrogen-bond donors (Lipinski definition) is 3. The molecule has 0 aliphatic carbocycles. The number of amides is 5. The first-order valence-corrected chi connectivity index (χ1v) is 14.2. The number of benzene rings is 2. The molecule has 230 valence electrons. The van der Waals surface area contributed by atoms with Gasteiger partial charge in [-0.15, -0.1) is 0 Å². The van der Waals surface area contributed by atoms with Crippen LogP contribution in [0.3, 0.4) is 0 Å². The number of aryl methyl sites for hydroxylation is 2. The number of halogens is 1. The number of carbonyl (C=O) groups is 3. The van der Waals surface area contributed by atoms with E-state index < -0.39 is 6.03 Å². The summed E-state index contributed by atoms with van der Waals surface area (Å²) in [7, 11) is 3.26. The molecule has 3 N–H and O–H groups in total. The van der Waals surface area contributed by atoms with E-state index in [1.807, 2.05) is 13.8 Å². The standard InChI is InChI=1S/C30H37ClN6O6/c1-17-14-37(30(40)34-27-19(3)35-43-20(27)4)18(2)16-42-25-11-10-23(13-24(25)28(38)36(5)15-26(17)41-6)33-29(39)32-22-9-7-8-21(31)12-22/h7-13,17-18,26H,14-16H2,1-6H3,(H,34,40)(H2,32,33,39)/t17-,18+,26+/m1/s1. The summed E-state index contributed by atoms with van der Waals surface area (Å²) in [6.45, 7) is 8.04. The van der Waals surface area contributed by atoms with E-state index >= 15 is 0 Å². The highest BCUT2D eigenvalue weighted by Gasteiger charge is 2.31. The molecule has 0 unspecified atom stereocenters. The van der Waals surface area contributed by atoms with Crippen molar-refractivity contribution >= 4 is 46.6 Å². The summed E-state index contributed by atoms with van der Waals surface area (Å²) >= 11 is 6.02. The predicted molar refractivity (Wildman–Crippen MR) is 164 cm³/mol. The molecule has 3 aromatic rings. The summed E-state index contributed by atoms with van der Waals surface area (Å²) in [5.41, 5.74) is 2.26. The quantitative estimate of drug-likeness (QED) is 0.347. The predicted octanol–water partition coefficient (Wildman–Crippen LogP) is 5.63. The number of hydrogen-bond acceptors (Lipinski definition) is 7. The van der Waals surface area contributed by atoms with Gasteiger partial charge in [-0.25, -0.2) is 9.59 Å². The molecule has 4 rings (SSSR count). The first kappa shape index (κ1) is 31.6. The largest absolute Gasteiger partial charge is 0.491 e. The molecule has 1 aliphatic heterocycles. The zero-order valence-corrected chi connectivity index (χ0v) is 25.8. The molecule has 0 saturated heterocycles. The maximum absolute atomic E-state index is 13.6. The molecule has 0 bridgehead atoms. The third kappa shape index (κ3) is 7.76. The van der Waals surface area contributed by atoms with E-state index in [4.69, 9.17) is 25.6 Å². The second-order valence-corrected chi connectivity index (χ2v) is 11.1. The molecular weight excluding hydrogens is 576 g/mol. The van der Waals surface area contributed by atoms with Crippen LogP contribution in [0.2, 0.25) is 5.02 Å². The number of likely N-dealkylation sites (N-methyl/N-ethyl adjacent to an activating group) is 1. The Labute approximate surface area is 255 Å². The second-order valence-electron chi connectivity index (χ2n) is 10.7. The minimum Gasteiger partial charge on any atom is -0.491 e. The number of aromatic nitrogens is 1. The molecule has 1 aliphatic rings. The maximum atomic E-state index is 13.6. The van der Waals surface area contributed by atoms with Crippen LogP contribution < -0.4 is 20.7 Å². The number of nitrogens with zero attached hydrogens (tertiary/aromatic N) is 3. The summed E-state index contributed by atoms with van der Waals surface area (Å²) in [6, 6.07) is 10.4. The van der Waals surface area contributed by atoms with Gasteiger partial charge >= 0.3 is 12.1 Å². The Hall–Kier alpha value is -4.29. The molecule has 0 fully saturated rings. The van der Waals surface area contributed by atoms with Gasteiger partial charge in [-0.2, -0.15) is 0 Å². The van der Waals surface area contributed by atoms with E-state index in [9.17, 15) is 14.4 Å². The van der Waals surface area contributed by atoms with E-state index in [1.165, 1.54) is 0 Å². The highest BCUT2D eigenvalue weighted by molar-refractivity contribution is 6.30. The fraction of sp³-hybridized carbons (Fsp3) is 0.400. The van der Waals surface area contributed by atoms with Crippen molar-refractivity contribution in [2.24, 2.45) is 5.92 Å². The normalized spacial score (nSPS) is 19.4. The van der Waals surface area contributed by atoms with Crippen LogP contribution in [0.15, 0.2) is 47.0 Å². The van der Waals surface area contributed by atoms with Gasteiger partial charge in [-0.1, -0.05) is 29.7 Å². The van der Waals surface area contributed by atoms with Crippen molar-refractivity contribution in [2.75, 3.05) is 49.8 Å². The highest BCUT2D eigenvalue weighted by Crippen LogP contribution is 2.27. The van der Waals surface area contributed by atoms with Gasteiger partial charge in [-0.05, 0) is 57.2 Å². The number of ether oxygens (including phenoxy) is 2. The molecule has 0 spiro atoms. The first-order chi connectivity index (χ1) is 20.5. The number of anilines is 3. The van der Waals surface area contributed by atoms with E-state index in [1.54, 1.807) is 80.3 Å². The van der Waals surface area contributed by atoms with Crippen LogP contribution in [0.5, 0.6) is 5.75 Å². The number of methoxy groups -OCH3 is 1. The SMILES string of the molecule is CO[C@H]1CN(C)C(=O)c2cc(NC(=O)Nc3cccc(Cl)c3)ccc2OC[C@H](C)N(C(=O)Nc2c(C)noc2C)C[C@H]1C. The molecule has 12 nitrogen and oxygen atoms in total. The van der Waals surface area contributed by atoms with E-state index in [0.29, 0.717) is 45.8 Å². The Morgan fingerprint density at radius 1 is 1.05 bits per heavy atom. The van der Waals surface area contributed by atoms with Crippen LogP contribution in [-0.4, -0.2) is 78.9 Å². The fourth-order valence-electron chi connectivity index (χ4n) is 4.84. The number of urea groups is 2. The van der Waals surface area contributed by atoms with E-state index in [2.05, 4.69) is 21.1 Å². The molecule has 0 saturated carbocycles. The van der Waals surface area contributed by atoms with Gasteiger partial charge < -0.3 is 39.7 Å². The summed E-state index contributed by atoms with van der Waals surface area (Å²) in [4.78, 5) is 43.1. The zero-order chi connectivity index (χ0) is 31.3. The highest BCUT2D eigenvalue weighted by atomic mass is 35.5. The van der Waals surface area contributed by atoms with Gasteiger partial charge in [0.15, 0.2) is 5.76 Å². The Bertz CT molecular complexity index is 1460. The summed E-state index contributed by atoms with van der Waals surface area (Å²) in [5.74, 6) is 0.384. The van der Waals surface area contributed by atoms with Crippen molar-refractivity contribution in [1.29, 1.82) is 0 Å². The van der Waals surface area contributed by atoms with Crippen LogP contribution in [0.1, 0.15) is 35.7 Å². The molecule has 0 radical (unpaired) electrons. The summed E-state index contributed by atoms with van der Waals surface area (Å²) in [5, 5.41) is 12.8. The van der Waals surface area contributed by atoms with Crippen LogP contribution >= 0.6 is 11.6 Å². The van der Waals surface area contributed by atoms with E-state index in [-0.39, 0.29) is 48.7 Å². The van der Waals surface area contributed by atoms with Gasteiger partial charge in [0, 0.05) is 49.6 Å². The molecule has 3 atom stereocenters. The lowest BCUT2D eigenvalue weighted by atomic mass is 10.0. The van der Waals surface area contributed by atoms with Crippen molar-refractivity contribution in [3.63, 3.8) is 0 Å². The van der Waals surface area contributed by atoms with Crippen molar-refractivity contribution < 1.29 is 28.4 Å². The number of carbonyl (C=O) groups excluding carboxylic acids is 3. The minimum absolute atomic E-state index is 0.103. The topological polar surface area (TPSA) is 138 Å². The zero-order valence-electron chi connectivity index (χ0n) is 25.1. The Kier molecular flexibility index (Phi) is 10.1. The lowest BCUT2D eigenvalue weighted by molar-refractivity contribution is 0.0174. The average molecular weight is 613 g/mol. The van der Waals surface area contributed by atoms with Gasteiger partial charge in [0.2, 0.25) is 0 Å². The second kappa shape index (κ2) is 13.8. The van der Waals surface area contributed by atoms with Gasteiger partial charge in [0.05, 0.1) is 17.7 Å². The Morgan fingerprint density at radius 3 is 2.42 bits per heavy atom. The van der Waals surface area contributed by atoms with Crippen LogP contribution in [0.4, 0.5) is 26.7 Å². The summed E-state index contributed by atoms with van der Waals surface area (Å²) < 4.78 is 17.1. The minimum atomic E-state index is -0.501. The molecule has 43 heavy (non-hydrogen) atoms. The Morgan fingerprint density at radius 2 is 1.77 bits per heavy atom. The van der Waals surface area contributed by atoms with E-state index in [0.717, 1.165) is 0 Å². The monoisotopic (exact) mass is 612 g/mol. The van der Waals surface area contributed by atoms with Crippen LogP contribution in [-0.2, 0) is 4.74 Å². The van der Waals surface area contributed by atoms with Gasteiger partial charge in [0.25, 0.3) is 5.91 Å². The number of fused-ring (bicyclic) bond motifs is 1. The third-order valence-corrected chi connectivity index (χ3v) is 7.55. The molecule has 5 amide bonds. The smallest absolute Gasteiger partial charge is 0.323 e. The molecule has 1 aromatic heterocycles. The lowest BCUT2D eigenvalue weighted by Gasteiger charge is -2.36. The van der Waals surface area contributed by atoms with Gasteiger partial charge in [-0.3, -0.25) is 4.79 Å². The number of rotatable bonds is 4. The van der Waals surface area contributed by atoms with Gasteiger partial charge in [0.1, 0.15) is 23.7 Å². The molecule has 2 aromatic carbocycles. The van der Waals surface area contributed by atoms with Crippen LogP contribution in [0, 0.1) is 19.8 Å². The summed E-state index contributed by atoms with van der Waals surface area (Å²) in [6.07, 6.45) is -0.371. The third-order valence-electron chi connectivity index (χ3n) is 7.31. The van der Waals surface area contributed by atoms with Crippen molar-refractivity contribution in [3.8, 4) is 5.75 Å². The number of nitrogens with one attached hydrogen (secondary N) is 3. The molecule has 2 heterocycles. The van der Waals surface area contributed by atoms with Crippen molar-refractivity contribution in [2.45, 2.75) is 39.8 Å². The lowest BCUT2D eigenvalue weighted by Crippen LogP contribution is -2.50.